The van der Waals surface area contributed by atoms with Crippen LogP contribution in [0.2, 0.25) is 10.0 Å². The second kappa shape index (κ2) is 6.65. The average Bonchev–Trinajstić information content (AvgIpc) is 2.46. The van der Waals surface area contributed by atoms with Crippen molar-refractivity contribution in [2.75, 3.05) is 12.4 Å². The van der Waals surface area contributed by atoms with Crippen molar-refractivity contribution in [3.8, 4) is 0 Å². The van der Waals surface area contributed by atoms with Crippen molar-refractivity contribution >= 4 is 35.0 Å². The Hall–Kier alpha value is -1.98. The summed E-state index contributed by atoms with van der Waals surface area (Å²) >= 11 is 11.8. The molecule has 0 atom stereocenters. The Morgan fingerprint density at radius 3 is 2.67 bits per heavy atom. The molecule has 1 N–H and O–H groups in total. The zero-order valence-corrected chi connectivity index (χ0v) is 12.6. The smallest absolute Gasteiger partial charge is 0.411 e. The lowest BCUT2D eigenvalue weighted by Crippen LogP contribution is -2.21. The SMILES string of the molecule is COC(=O)Nc1ccc(=O)n(Cc2ccc(Cl)c(Cl)c2)c1. The molecule has 21 heavy (non-hydrogen) atoms. The van der Waals surface area contributed by atoms with Gasteiger partial charge < -0.3 is 9.30 Å². The first-order valence-electron chi connectivity index (χ1n) is 5.99. The summed E-state index contributed by atoms with van der Waals surface area (Å²) in [5.74, 6) is 0. The highest BCUT2D eigenvalue weighted by atomic mass is 35.5. The first kappa shape index (κ1) is 15.4. The number of ether oxygens (including phenoxy) is 1. The van der Waals surface area contributed by atoms with Crippen molar-refractivity contribution in [2.45, 2.75) is 6.54 Å². The first-order chi connectivity index (χ1) is 9.99. The van der Waals surface area contributed by atoms with E-state index in [1.54, 1.807) is 18.2 Å². The molecule has 0 fully saturated rings. The summed E-state index contributed by atoms with van der Waals surface area (Å²) in [4.78, 5) is 23.0. The zero-order chi connectivity index (χ0) is 15.4. The van der Waals surface area contributed by atoms with Crippen LogP contribution >= 0.6 is 23.2 Å². The average molecular weight is 327 g/mol. The monoisotopic (exact) mass is 326 g/mol. The summed E-state index contributed by atoms with van der Waals surface area (Å²) in [7, 11) is 1.26. The maximum absolute atomic E-state index is 11.8. The lowest BCUT2D eigenvalue weighted by atomic mass is 10.2. The molecule has 2 aromatic rings. The number of hydrogen-bond acceptors (Lipinski definition) is 3. The highest BCUT2D eigenvalue weighted by Gasteiger charge is 2.05. The van der Waals surface area contributed by atoms with Gasteiger partial charge in [-0.3, -0.25) is 10.1 Å². The number of carbonyl (C=O) groups excluding carboxylic acids is 1. The highest BCUT2D eigenvalue weighted by Crippen LogP contribution is 2.22. The largest absolute Gasteiger partial charge is 0.453 e. The van der Waals surface area contributed by atoms with Gasteiger partial charge in [0, 0.05) is 12.3 Å². The molecule has 110 valence electrons. The Morgan fingerprint density at radius 2 is 2.00 bits per heavy atom. The predicted octanol–water partition coefficient (Wildman–Crippen LogP) is 3.38. The first-order valence-corrected chi connectivity index (χ1v) is 6.74. The summed E-state index contributed by atoms with van der Waals surface area (Å²) in [6.07, 6.45) is 0.927. The molecule has 0 aliphatic rings. The van der Waals surface area contributed by atoms with Crippen LogP contribution < -0.4 is 10.9 Å². The number of hydrogen-bond donors (Lipinski definition) is 1. The standard InChI is InChI=1S/C14H12Cl2N2O3/c1-21-14(20)17-10-3-5-13(19)18(8-10)7-9-2-4-11(15)12(16)6-9/h2-6,8H,7H2,1H3,(H,17,20). The van der Waals surface area contributed by atoms with Gasteiger partial charge in [-0.25, -0.2) is 4.79 Å². The van der Waals surface area contributed by atoms with Crippen LogP contribution in [-0.2, 0) is 11.3 Å². The van der Waals surface area contributed by atoms with Gasteiger partial charge in [0.15, 0.2) is 0 Å². The summed E-state index contributed by atoms with van der Waals surface area (Å²) < 4.78 is 5.95. The van der Waals surface area contributed by atoms with Crippen LogP contribution in [0.3, 0.4) is 0 Å². The van der Waals surface area contributed by atoms with E-state index in [2.05, 4.69) is 10.1 Å². The normalized spacial score (nSPS) is 10.2. The van der Waals surface area contributed by atoms with Crippen LogP contribution in [0, 0.1) is 0 Å². The molecule has 5 nitrogen and oxygen atoms in total. The second-order valence-electron chi connectivity index (χ2n) is 4.25. The Morgan fingerprint density at radius 1 is 1.24 bits per heavy atom. The summed E-state index contributed by atoms with van der Waals surface area (Å²) in [6, 6.07) is 8.01. The van der Waals surface area contributed by atoms with E-state index in [1.807, 2.05) is 0 Å². The molecule has 1 heterocycles. The van der Waals surface area contributed by atoms with E-state index in [1.165, 1.54) is 30.0 Å². The van der Waals surface area contributed by atoms with Gasteiger partial charge in [-0.05, 0) is 23.8 Å². The van der Waals surface area contributed by atoms with E-state index in [4.69, 9.17) is 23.2 Å². The van der Waals surface area contributed by atoms with Crippen molar-refractivity contribution in [3.05, 3.63) is 62.5 Å². The van der Waals surface area contributed by atoms with Gasteiger partial charge in [-0.1, -0.05) is 29.3 Å². The molecular formula is C14H12Cl2N2O3. The van der Waals surface area contributed by atoms with Crippen molar-refractivity contribution in [3.63, 3.8) is 0 Å². The number of amides is 1. The van der Waals surface area contributed by atoms with E-state index in [-0.39, 0.29) is 5.56 Å². The summed E-state index contributed by atoms with van der Waals surface area (Å²) in [5.41, 5.74) is 1.08. The molecule has 0 saturated carbocycles. The Labute approximate surface area is 131 Å². The van der Waals surface area contributed by atoms with Gasteiger partial charge in [0.05, 0.1) is 29.4 Å². The van der Waals surface area contributed by atoms with Crippen LogP contribution in [0.5, 0.6) is 0 Å². The molecule has 0 radical (unpaired) electrons. The number of rotatable bonds is 3. The van der Waals surface area contributed by atoms with E-state index in [9.17, 15) is 9.59 Å². The van der Waals surface area contributed by atoms with E-state index in [0.717, 1.165) is 5.56 Å². The minimum atomic E-state index is -0.602. The molecule has 1 amide bonds. The molecule has 1 aromatic carbocycles. The maximum atomic E-state index is 11.8. The van der Waals surface area contributed by atoms with Gasteiger partial charge in [0.2, 0.25) is 0 Å². The fourth-order valence-electron chi connectivity index (χ4n) is 1.73. The van der Waals surface area contributed by atoms with Crippen molar-refractivity contribution < 1.29 is 9.53 Å². The third-order valence-corrected chi connectivity index (χ3v) is 3.49. The number of methoxy groups -OCH3 is 1. The lowest BCUT2D eigenvalue weighted by molar-refractivity contribution is 0.187. The quantitative estimate of drug-likeness (QED) is 0.940. The van der Waals surface area contributed by atoms with Gasteiger partial charge in [0.1, 0.15) is 0 Å². The number of benzene rings is 1. The van der Waals surface area contributed by atoms with E-state index < -0.39 is 6.09 Å². The van der Waals surface area contributed by atoms with Gasteiger partial charge in [-0.15, -0.1) is 0 Å². The molecule has 0 aliphatic heterocycles. The number of pyridine rings is 1. The molecule has 1 aromatic heterocycles. The molecule has 0 saturated heterocycles. The van der Waals surface area contributed by atoms with Crippen LogP contribution in [0.1, 0.15) is 5.56 Å². The Kier molecular flexibility index (Phi) is 4.88. The van der Waals surface area contributed by atoms with E-state index >= 15 is 0 Å². The number of nitrogens with zero attached hydrogens (tertiary/aromatic N) is 1. The van der Waals surface area contributed by atoms with Gasteiger partial charge in [0.25, 0.3) is 5.56 Å². The Bertz CT molecular complexity index is 728. The number of carbonyl (C=O) groups is 1. The summed E-state index contributed by atoms with van der Waals surface area (Å²) in [6.45, 7) is 0.312. The molecular weight excluding hydrogens is 315 g/mol. The number of anilines is 1. The van der Waals surface area contributed by atoms with Crippen LogP contribution in [0.4, 0.5) is 10.5 Å². The van der Waals surface area contributed by atoms with E-state index in [0.29, 0.717) is 22.3 Å². The molecule has 0 spiro atoms. The van der Waals surface area contributed by atoms with Crippen molar-refractivity contribution in [1.29, 1.82) is 0 Å². The lowest BCUT2D eigenvalue weighted by Gasteiger charge is -2.09. The summed E-state index contributed by atoms with van der Waals surface area (Å²) in [5, 5.41) is 3.37. The molecule has 0 aliphatic carbocycles. The predicted molar refractivity (Wildman–Crippen MR) is 82.3 cm³/mol. The third kappa shape index (κ3) is 4.00. The minimum absolute atomic E-state index is 0.198. The Balaban J connectivity index is 2.26. The molecule has 7 heteroatoms. The van der Waals surface area contributed by atoms with Crippen molar-refractivity contribution in [2.24, 2.45) is 0 Å². The number of halogens is 2. The van der Waals surface area contributed by atoms with Gasteiger partial charge >= 0.3 is 6.09 Å². The molecule has 2 rings (SSSR count). The number of nitrogens with one attached hydrogen (secondary N) is 1. The van der Waals surface area contributed by atoms with Gasteiger partial charge in [-0.2, -0.15) is 0 Å². The van der Waals surface area contributed by atoms with Crippen LogP contribution in [-0.4, -0.2) is 17.8 Å². The topological polar surface area (TPSA) is 60.3 Å². The second-order valence-corrected chi connectivity index (χ2v) is 5.06. The minimum Gasteiger partial charge on any atom is -0.453 e. The zero-order valence-electron chi connectivity index (χ0n) is 11.1. The number of aromatic nitrogens is 1. The molecule has 0 bridgehead atoms. The molecule has 0 unspecified atom stereocenters. The van der Waals surface area contributed by atoms with Crippen LogP contribution in [0.25, 0.3) is 0 Å². The highest BCUT2D eigenvalue weighted by molar-refractivity contribution is 6.42. The maximum Gasteiger partial charge on any atom is 0.411 e. The third-order valence-electron chi connectivity index (χ3n) is 2.75. The van der Waals surface area contributed by atoms with Crippen LogP contribution in [0.15, 0.2) is 41.3 Å². The fraction of sp³-hybridized carbons (Fsp3) is 0.143. The fourth-order valence-corrected chi connectivity index (χ4v) is 2.05. The van der Waals surface area contributed by atoms with Crippen molar-refractivity contribution in [1.82, 2.24) is 4.57 Å².